The molecule has 1 heterocycles. The van der Waals surface area contributed by atoms with E-state index >= 15 is 0 Å². The molecule has 2 spiro atoms. The third-order valence-corrected chi connectivity index (χ3v) is 3.26. The second-order valence-electron chi connectivity index (χ2n) is 4.31. The Morgan fingerprint density at radius 3 is 1.43 bits per heavy atom. The maximum atomic E-state index is 5.32. The molecule has 3 rings (SSSR count). The molecule has 0 N–H and O–H groups in total. The number of hydrogen-bond acceptors (Lipinski definition) is 4. The first-order valence-corrected chi connectivity index (χ1v) is 5.03. The molecule has 4 heteroatoms. The van der Waals surface area contributed by atoms with Gasteiger partial charge in [0.15, 0.2) is 0 Å². The zero-order chi connectivity index (χ0) is 9.81. The van der Waals surface area contributed by atoms with Crippen molar-refractivity contribution < 1.29 is 9.47 Å². The minimum Gasteiger partial charge on any atom is -0.483 e. The molecule has 0 saturated heterocycles. The van der Waals surface area contributed by atoms with Gasteiger partial charge in [0, 0.05) is 0 Å². The first-order valence-electron chi connectivity index (χ1n) is 5.03. The first-order chi connectivity index (χ1) is 6.75. The predicted octanol–water partition coefficient (Wildman–Crippen LogP) is 1.15. The van der Waals surface area contributed by atoms with Crippen molar-refractivity contribution in [3.05, 3.63) is 0 Å². The summed E-state index contributed by atoms with van der Waals surface area (Å²) in [7, 11) is 3.37. The summed E-state index contributed by atoms with van der Waals surface area (Å²) in [5, 5.41) is 0. The van der Waals surface area contributed by atoms with Crippen LogP contribution in [-0.4, -0.2) is 37.1 Å². The van der Waals surface area contributed by atoms with Crippen molar-refractivity contribution in [1.82, 2.24) is 0 Å². The van der Waals surface area contributed by atoms with Gasteiger partial charge in [-0.1, -0.05) is 0 Å². The quantitative estimate of drug-likeness (QED) is 0.580. The van der Waals surface area contributed by atoms with Crippen molar-refractivity contribution >= 4 is 11.8 Å². The Labute approximate surface area is 83.0 Å². The highest BCUT2D eigenvalue weighted by Gasteiger charge is 2.60. The van der Waals surface area contributed by atoms with Gasteiger partial charge in [-0.3, -0.25) is 0 Å². The van der Waals surface area contributed by atoms with Gasteiger partial charge in [-0.15, -0.1) is 0 Å². The second-order valence-corrected chi connectivity index (χ2v) is 4.31. The van der Waals surface area contributed by atoms with E-state index in [1.54, 1.807) is 14.2 Å². The fraction of sp³-hybridized carbons (Fsp3) is 0.800. The van der Waals surface area contributed by atoms with E-state index in [-0.39, 0.29) is 11.1 Å². The fourth-order valence-corrected chi connectivity index (χ4v) is 2.05. The van der Waals surface area contributed by atoms with E-state index in [2.05, 4.69) is 9.98 Å². The minimum atomic E-state index is -0.145. The summed E-state index contributed by atoms with van der Waals surface area (Å²) < 4.78 is 10.6. The molecule has 0 aromatic rings. The monoisotopic (exact) mass is 194 g/mol. The van der Waals surface area contributed by atoms with Crippen LogP contribution in [0.25, 0.3) is 0 Å². The molecule has 0 bridgehead atoms. The molecule has 3 aliphatic rings. The molecule has 0 atom stereocenters. The van der Waals surface area contributed by atoms with E-state index in [0.29, 0.717) is 0 Å². The molecule has 1 aliphatic heterocycles. The number of hydrogen-bond donors (Lipinski definition) is 0. The zero-order valence-electron chi connectivity index (χ0n) is 8.54. The van der Waals surface area contributed by atoms with Crippen LogP contribution in [0.1, 0.15) is 25.7 Å². The molecule has 76 valence electrons. The molecule has 0 aromatic carbocycles. The summed E-state index contributed by atoms with van der Waals surface area (Å²) in [4.78, 5) is 9.30. The average Bonchev–Trinajstić information content (AvgIpc) is 3.06. The van der Waals surface area contributed by atoms with Crippen molar-refractivity contribution in [2.45, 2.75) is 36.8 Å². The lowest BCUT2D eigenvalue weighted by molar-refractivity contribution is 0.341. The van der Waals surface area contributed by atoms with Gasteiger partial charge in [-0.25, -0.2) is 9.98 Å². The van der Waals surface area contributed by atoms with Gasteiger partial charge in [0.1, 0.15) is 11.1 Å². The third-order valence-electron chi connectivity index (χ3n) is 3.26. The lowest BCUT2D eigenvalue weighted by Gasteiger charge is -2.24. The number of methoxy groups -OCH3 is 2. The van der Waals surface area contributed by atoms with Crippen molar-refractivity contribution in [2.75, 3.05) is 14.2 Å². The van der Waals surface area contributed by atoms with Crippen LogP contribution in [0, 0.1) is 0 Å². The Bertz CT molecular complexity index is 304. The number of nitrogens with zero attached hydrogens (tertiary/aromatic N) is 2. The van der Waals surface area contributed by atoms with Gasteiger partial charge in [0.25, 0.3) is 0 Å². The van der Waals surface area contributed by atoms with Crippen LogP contribution in [-0.2, 0) is 9.47 Å². The highest BCUT2D eigenvalue weighted by Crippen LogP contribution is 2.51. The largest absolute Gasteiger partial charge is 0.483 e. The van der Waals surface area contributed by atoms with Crippen LogP contribution in [0.2, 0.25) is 0 Å². The summed E-state index contributed by atoms with van der Waals surface area (Å²) in [5.74, 6) is 1.63. The molecule has 2 aliphatic carbocycles. The Morgan fingerprint density at radius 2 is 1.21 bits per heavy atom. The van der Waals surface area contributed by atoms with Crippen LogP contribution in [0.15, 0.2) is 9.98 Å². The minimum absolute atomic E-state index is 0.145. The Balaban J connectivity index is 2.01. The van der Waals surface area contributed by atoms with E-state index < -0.39 is 0 Å². The van der Waals surface area contributed by atoms with Crippen LogP contribution >= 0.6 is 0 Å². The first kappa shape index (κ1) is 8.26. The van der Waals surface area contributed by atoms with E-state index in [9.17, 15) is 0 Å². The second kappa shape index (κ2) is 2.30. The Hall–Kier alpha value is -1.06. The standard InChI is InChI=1S/C10H14N2O2/c1-13-7-9(3-4-9)12-8(14-2)10(11-7)5-6-10/h3-6H2,1-2H3. The van der Waals surface area contributed by atoms with Crippen LogP contribution in [0.4, 0.5) is 0 Å². The fourth-order valence-electron chi connectivity index (χ4n) is 2.05. The number of ether oxygens (including phenoxy) is 2. The smallest absolute Gasteiger partial charge is 0.212 e. The molecular formula is C10H14N2O2. The molecule has 0 amide bonds. The third kappa shape index (κ3) is 0.885. The summed E-state index contributed by atoms with van der Waals surface area (Å²) in [6, 6.07) is 0. The topological polar surface area (TPSA) is 43.2 Å². The summed E-state index contributed by atoms with van der Waals surface area (Å²) in [5.41, 5.74) is -0.290. The van der Waals surface area contributed by atoms with Crippen LogP contribution in [0.5, 0.6) is 0 Å². The maximum absolute atomic E-state index is 5.32. The van der Waals surface area contributed by atoms with Crippen molar-refractivity contribution in [3.8, 4) is 0 Å². The molecule has 2 fully saturated rings. The Morgan fingerprint density at radius 1 is 0.857 bits per heavy atom. The Kier molecular flexibility index (Phi) is 1.36. The summed E-state index contributed by atoms with van der Waals surface area (Å²) in [6.45, 7) is 0. The van der Waals surface area contributed by atoms with E-state index in [0.717, 1.165) is 37.5 Å². The molecule has 0 radical (unpaired) electrons. The van der Waals surface area contributed by atoms with Crippen molar-refractivity contribution in [3.63, 3.8) is 0 Å². The van der Waals surface area contributed by atoms with Crippen LogP contribution in [0.3, 0.4) is 0 Å². The highest BCUT2D eigenvalue weighted by atomic mass is 16.5. The maximum Gasteiger partial charge on any atom is 0.212 e. The van der Waals surface area contributed by atoms with Crippen molar-refractivity contribution in [1.29, 1.82) is 0 Å². The lowest BCUT2D eigenvalue weighted by Crippen LogP contribution is -2.37. The molecule has 14 heavy (non-hydrogen) atoms. The van der Waals surface area contributed by atoms with Gasteiger partial charge in [-0.05, 0) is 25.7 Å². The lowest BCUT2D eigenvalue weighted by atomic mass is 10.1. The molecule has 0 unspecified atom stereocenters. The summed E-state index contributed by atoms with van der Waals surface area (Å²) >= 11 is 0. The van der Waals surface area contributed by atoms with E-state index in [1.807, 2.05) is 0 Å². The van der Waals surface area contributed by atoms with Gasteiger partial charge in [-0.2, -0.15) is 0 Å². The molecule has 0 aromatic heterocycles. The number of rotatable bonds is 0. The SMILES string of the molecule is COC1=NC2(CC2)C(OC)=NC12CC2. The molecular weight excluding hydrogens is 180 g/mol. The zero-order valence-corrected chi connectivity index (χ0v) is 8.54. The average molecular weight is 194 g/mol. The predicted molar refractivity (Wildman–Crippen MR) is 52.8 cm³/mol. The molecule has 4 nitrogen and oxygen atoms in total. The normalized spacial score (nSPS) is 29.6. The highest BCUT2D eigenvalue weighted by molar-refractivity contribution is 6.02. The number of aliphatic imine (C=N–C) groups is 2. The van der Waals surface area contributed by atoms with Crippen LogP contribution < -0.4 is 0 Å². The van der Waals surface area contributed by atoms with E-state index in [4.69, 9.17) is 9.47 Å². The van der Waals surface area contributed by atoms with Gasteiger partial charge >= 0.3 is 0 Å². The van der Waals surface area contributed by atoms with E-state index in [1.165, 1.54) is 0 Å². The van der Waals surface area contributed by atoms with Gasteiger partial charge in [0.05, 0.1) is 14.2 Å². The molecule has 2 saturated carbocycles. The van der Waals surface area contributed by atoms with Crippen molar-refractivity contribution in [2.24, 2.45) is 9.98 Å². The summed E-state index contributed by atoms with van der Waals surface area (Å²) in [6.07, 6.45) is 4.18. The van der Waals surface area contributed by atoms with Gasteiger partial charge in [0.2, 0.25) is 11.8 Å². The van der Waals surface area contributed by atoms with Gasteiger partial charge < -0.3 is 9.47 Å².